The van der Waals surface area contributed by atoms with Crippen LogP contribution in [0.4, 0.5) is 0 Å². The molecular formula is C13H21N3O. The molecule has 0 aliphatic carbocycles. The highest BCUT2D eigenvalue weighted by Crippen LogP contribution is 2.26. The molecule has 0 radical (unpaired) electrons. The van der Waals surface area contributed by atoms with E-state index in [1.54, 1.807) is 0 Å². The van der Waals surface area contributed by atoms with Gasteiger partial charge in [0, 0.05) is 19.3 Å². The Bertz CT molecular complexity index is 401. The second-order valence-electron chi connectivity index (χ2n) is 5.56. The van der Waals surface area contributed by atoms with Gasteiger partial charge in [0.25, 0.3) is 0 Å². The lowest BCUT2D eigenvalue weighted by molar-refractivity contribution is 0.133. The molecule has 0 saturated carbocycles. The van der Waals surface area contributed by atoms with Crippen LogP contribution in [0.25, 0.3) is 0 Å². The minimum atomic E-state index is -0.344. The van der Waals surface area contributed by atoms with Crippen LogP contribution < -0.4 is 0 Å². The molecule has 1 fully saturated rings. The Kier molecular flexibility index (Phi) is 2.92. The number of aliphatic hydroxyl groups excluding tert-OH is 1. The maximum absolute atomic E-state index is 9.89. The summed E-state index contributed by atoms with van der Waals surface area (Å²) in [6.07, 6.45) is 6.08. The Morgan fingerprint density at radius 3 is 3.00 bits per heavy atom. The number of aromatic nitrogens is 2. The summed E-state index contributed by atoms with van der Waals surface area (Å²) in [6.45, 7) is 3.41. The van der Waals surface area contributed by atoms with E-state index in [1.165, 1.54) is 25.2 Å². The molecular weight excluding hydrogens is 214 g/mol. The summed E-state index contributed by atoms with van der Waals surface area (Å²) in [6, 6.07) is 0. The average molecular weight is 235 g/mol. The van der Waals surface area contributed by atoms with Crippen molar-refractivity contribution < 1.29 is 5.11 Å². The Balaban J connectivity index is 1.72. The van der Waals surface area contributed by atoms with Gasteiger partial charge in [-0.2, -0.15) is 0 Å². The Labute approximate surface area is 102 Å². The van der Waals surface area contributed by atoms with E-state index in [9.17, 15) is 5.11 Å². The maximum atomic E-state index is 9.89. The summed E-state index contributed by atoms with van der Waals surface area (Å²) in [5.41, 5.74) is 1.17. The zero-order valence-electron chi connectivity index (χ0n) is 10.5. The molecule has 0 aromatic carbocycles. The molecule has 2 atom stereocenters. The summed E-state index contributed by atoms with van der Waals surface area (Å²) < 4.78 is 2.14. The summed E-state index contributed by atoms with van der Waals surface area (Å²) in [7, 11) is 2.18. The van der Waals surface area contributed by atoms with Crippen LogP contribution in [0.2, 0.25) is 0 Å². The lowest BCUT2D eigenvalue weighted by Gasteiger charge is -2.18. The molecule has 0 spiro atoms. The van der Waals surface area contributed by atoms with Crippen LogP contribution >= 0.6 is 0 Å². The van der Waals surface area contributed by atoms with Gasteiger partial charge in [-0.25, -0.2) is 4.98 Å². The number of imidazole rings is 1. The SMILES string of the molecule is CN1CCC(Cc2cn3c(n2)C(O)CCC3)C1. The van der Waals surface area contributed by atoms with Crippen molar-refractivity contribution in [2.75, 3.05) is 20.1 Å². The average Bonchev–Trinajstić information content (AvgIpc) is 2.86. The van der Waals surface area contributed by atoms with Crippen LogP contribution in [-0.2, 0) is 13.0 Å². The molecule has 0 bridgehead atoms. The van der Waals surface area contributed by atoms with E-state index >= 15 is 0 Å². The first kappa shape index (κ1) is 11.2. The Morgan fingerprint density at radius 2 is 2.29 bits per heavy atom. The molecule has 1 N–H and O–H groups in total. The van der Waals surface area contributed by atoms with Gasteiger partial charge < -0.3 is 14.6 Å². The lowest BCUT2D eigenvalue weighted by atomic mass is 10.0. The van der Waals surface area contributed by atoms with Crippen LogP contribution in [0, 0.1) is 5.92 Å². The monoisotopic (exact) mass is 235 g/mol. The molecule has 17 heavy (non-hydrogen) atoms. The number of hydrogen-bond donors (Lipinski definition) is 1. The Morgan fingerprint density at radius 1 is 1.41 bits per heavy atom. The van der Waals surface area contributed by atoms with Gasteiger partial charge in [-0.05, 0) is 45.2 Å². The number of hydrogen-bond acceptors (Lipinski definition) is 3. The number of nitrogens with zero attached hydrogens (tertiary/aromatic N) is 3. The molecule has 1 saturated heterocycles. The molecule has 4 heteroatoms. The van der Waals surface area contributed by atoms with Gasteiger partial charge in [0.1, 0.15) is 11.9 Å². The fourth-order valence-electron chi connectivity index (χ4n) is 3.10. The number of fused-ring (bicyclic) bond motifs is 1. The third kappa shape index (κ3) is 2.24. The van der Waals surface area contributed by atoms with Gasteiger partial charge in [0.2, 0.25) is 0 Å². The van der Waals surface area contributed by atoms with E-state index < -0.39 is 0 Å². The fraction of sp³-hybridized carbons (Fsp3) is 0.769. The van der Waals surface area contributed by atoms with Crippen molar-refractivity contribution in [3.63, 3.8) is 0 Å². The van der Waals surface area contributed by atoms with E-state index in [4.69, 9.17) is 0 Å². The number of rotatable bonds is 2. The van der Waals surface area contributed by atoms with E-state index in [0.717, 1.165) is 37.5 Å². The normalized spacial score (nSPS) is 29.5. The van der Waals surface area contributed by atoms with Gasteiger partial charge in [0.15, 0.2) is 0 Å². The van der Waals surface area contributed by atoms with Gasteiger partial charge >= 0.3 is 0 Å². The zero-order valence-corrected chi connectivity index (χ0v) is 10.5. The van der Waals surface area contributed by atoms with Crippen LogP contribution in [0.3, 0.4) is 0 Å². The summed E-state index contributed by atoms with van der Waals surface area (Å²) >= 11 is 0. The summed E-state index contributed by atoms with van der Waals surface area (Å²) in [4.78, 5) is 7.00. The highest BCUT2D eigenvalue weighted by atomic mass is 16.3. The highest BCUT2D eigenvalue weighted by Gasteiger charge is 2.24. The number of likely N-dealkylation sites (tertiary alicyclic amines) is 1. The number of aliphatic hydroxyl groups is 1. The predicted molar refractivity (Wildman–Crippen MR) is 65.7 cm³/mol. The van der Waals surface area contributed by atoms with Gasteiger partial charge in [-0.15, -0.1) is 0 Å². The standard InChI is InChI=1S/C13H21N3O/c1-15-6-4-10(8-15)7-11-9-16-5-2-3-12(17)13(16)14-11/h9-10,12,17H,2-8H2,1H3. The third-order valence-corrected chi connectivity index (χ3v) is 4.02. The Hall–Kier alpha value is -0.870. The highest BCUT2D eigenvalue weighted by molar-refractivity contribution is 5.09. The van der Waals surface area contributed by atoms with Crippen molar-refractivity contribution in [1.82, 2.24) is 14.5 Å². The molecule has 2 aliphatic heterocycles. The van der Waals surface area contributed by atoms with Crippen molar-refractivity contribution in [2.24, 2.45) is 5.92 Å². The van der Waals surface area contributed by atoms with E-state index in [-0.39, 0.29) is 6.10 Å². The van der Waals surface area contributed by atoms with Crippen molar-refractivity contribution in [2.45, 2.75) is 38.3 Å². The van der Waals surface area contributed by atoms with Crippen LogP contribution in [-0.4, -0.2) is 39.7 Å². The fourth-order valence-corrected chi connectivity index (χ4v) is 3.10. The smallest absolute Gasteiger partial charge is 0.137 e. The molecule has 1 aromatic heterocycles. The summed E-state index contributed by atoms with van der Waals surface area (Å²) in [5, 5.41) is 9.89. The van der Waals surface area contributed by atoms with E-state index in [0.29, 0.717) is 0 Å². The van der Waals surface area contributed by atoms with Crippen molar-refractivity contribution >= 4 is 0 Å². The van der Waals surface area contributed by atoms with E-state index in [2.05, 4.69) is 27.7 Å². The lowest BCUT2D eigenvalue weighted by Crippen LogP contribution is -2.15. The maximum Gasteiger partial charge on any atom is 0.137 e. The number of aryl methyl sites for hydroxylation is 1. The van der Waals surface area contributed by atoms with Crippen molar-refractivity contribution in [3.05, 3.63) is 17.7 Å². The van der Waals surface area contributed by atoms with Gasteiger partial charge in [-0.1, -0.05) is 0 Å². The second-order valence-corrected chi connectivity index (χ2v) is 5.56. The molecule has 4 nitrogen and oxygen atoms in total. The largest absolute Gasteiger partial charge is 0.385 e. The third-order valence-electron chi connectivity index (χ3n) is 4.02. The second kappa shape index (κ2) is 4.42. The molecule has 2 aliphatic rings. The van der Waals surface area contributed by atoms with Gasteiger partial charge in [0.05, 0.1) is 5.69 Å². The zero-order chi connectivity index (χ0) is 11.8. The topological polar surface area (TPSA) is 41.3 Å². The molecule has 1 aromatic rings. The molecule has 3 heterocycles. The van der Waals surface area contributed by atoms with Gasteiger partial charge in [-0.3, -0.25) is 0 Å². The minimum Gasteiger partial charge on any atom is -0.385 e. The van der Waals surface area contributed by atoms with Crippen LogP contribution in [0.5, 0.6) is 0 Å². The molecule has 3 rings (SSSR count). The minimum absolute atomic E-state index is 0.344. The first-order valence-electron chi connectivity index (χ1n) is 6.65. The van der Waals surface area contributed by atoms with Crippen LogP contribution in [0.15, 0.2) is 6.20 Å². The first-order chi connectivity index (χ1) is 8.22. The molecule has 2 unspecified atom stereocenters. The summed E-state index contributed by atoms with van der Waals surface area (Å²) in [5.74, 6) is 1.63. The molecule has 0 amide bonds. The quantitative estimate of drug-likeness (QED) is 0.837. The van der Waals surface area contributed by atoms with Crippen molar-refractivity contribution in [3.8, 4) is 0 Å². The van der Waals surface area contributed by atoms with Crippen LogP contribution in [0.1, 0.15) is 36.9 Å². The predicted octanol–water partition coefficient (Wildman–Crippen LogP) is 1.20. The molecule has 94 valence electrons. The van der Waals surface area contributed by atoms with E-state index in [1.807, 2.05) is 0 Å². The van der Waals surface area contributed by atoms with Crippen molar-refractivity contribution in [1.29, 1.82) is 0 Å². The first-order valence-corrected chi connectivity index (χ1v) is 6.65.